The van der Waals surface area contributed by atoms with Crippen LogP contribution in [-0.2, 0) is 0 Å². The Morgan fingerprint density at radius 3 is 2.55 bits per heavy atom. The number of aromatic amines is 1. The van der Waals surface area contributed by atoms with Gasteiger partial charge >= 0.3 is 0 Å². The van der Waals surface area contributed by atoms with Crippen LogP contribution in [0.3, 0.4) is 0 Å². The molecule has 1 aliphatic rings. The molecule has 1 fully saturated rings. The van der Waals surface area contributed by atoms with E-state index in [0.29, 0.717) is 5.02 Å². The lowest BCUT2D eigenvalue weighted by atomic mass is 10.0. The van der Waals surface area contributed by atoms with Gasteiger partial charge in [-0.25, -0.2) is 4.98 Å². The number of nitrogens with one attached hydrogen (secondary N) is 1. The Kier molecular flexibility index (Phi) is 4.91. The van der Waals surface area contributed by atoms with E-state index in [1.165, 1.54) is 0 Å². The Morgan fingerprint density at radius 1 is 1.00 bits per heavy atom. The van der Waals surface area contributed by atoms with Gasteiger partial charge in [-0.15, -0.1) is 0 Å². The Hall–Kier alpha value is -3.31. The minimum atomic E-state index is 0.688. The topological polar surface area (TPSA) is 48.0 Å². The minimum absolute atomic E-state index is 0.688. The minimum Gasteiger partial charge on any atom is -0.372 e. The number of benzene rings is 2. The highest BCUT2D eigenvalue weighted by Gasteiger charge is 2.19. The molecule has 2 aromatic heterocycles. The highest BCUT2D eigenvalue weighted by Crippen LogP contribution is 2.33. The van der Waals surface area contributed by atoms with E-state index in [1.54, 1.807) is 0 Å². The van der Waals surface area contributed by atoms with Gasteiger partial charge in [0.15, 0.2) is 0 Å². The largest absolute Gasteiger partial charge is 0.372 e. The first-order valence-electron chi connectivity index (χ1n) is 10.4. The summed E-state index contributed by atoms with van der Waals surface area (Å²) in [6.45, 7) is 14.3. The lowest BCUT2D eigenvalue weighted by molar-refractivity contribution is 0.215. The molecule has 1 N–H and O–H groups in total. The standard InChI is InChI=1S/C25H24ClN5/c1-16(2)30-9-11-31(12-10-30)17(3)18-7-8-20-22(26)14-25(28-24(20)13-18)19-5-4-6-23-21(19)15-27-29-23/h4-8,13-15H,1,3,9-12H2,2H3,(H,27,29). The van der Waals surface area contributed by atoms with Crippen molar-refractivity contribution < 1.29 is 0 Å². The molecule has 0 unspecified atom stereocenters. The monoisotopic (exact) mass is 429 g/mol. The lowest BCUT2D eigenvalue weighted by Crippen LogP contribution is -2.44. The van der Waals surface area contributed by atoms with Crippen LogP contribution in [0.4, 0.5) is 0 Å². The van der Waals surface area contributed by atoms with Crippen molar-refractivity contribution in [2.24, 2.45) is 0 Å². The predicted molar refractivity (Wildman–Crippen MR) is 129 cm³/mol. The van der Waals surface area contributed by atoms with E-state index >= 15 is 0 Å². The fourth-order valence-corrected chi connectivity index (χ4v) is 4.50. The molecule has 1 aliphatic heterocycles. The van der Waals surface area contributed by atoms with Gasteiger partial charge in [-0.1, -0.05) is 49.0 Å². The summed E-state index contributed by atoms with van der Waals surface area (Å²) >= 11 is 6.65. The Balaban J connectivity index is 1.50. The second-order valence-electron chi connectivity index (χ2n) is 8.01. The van der Waals surface area contributed by atoms with Crippen LogP contribution >= 0.6 is 11.6 Å². The van der Waals surface area contributed by atoms with Crippen LogP contribution in [-0.4, -0.2) is 51.2 Å². The molecule has 0 atom stereocenters. The number of H-pyrrole nitrogens is 1. The summed E-state index contributed by atoms with van der Waals surface area (Å²) < 4.78 is 0. The van der Waals surface area contributed by atoms with Gasteiger partial charge in [0.2, 0.25) is 0 Å². The second-order valence-corrected chi connectivity index (χ2v) is 8.42. The molecule has 3 heterocycles. The number of pyridine rings is 1. The van der Waals surface area contributed by atoms with Crippen LogP contribution in [0.5, 0.6) is 0 Å². The molecule has 2 aromatic carbocycles. The predicted octanol–water partition coefficient (Wildman–Crippen LogP) is 5.55. The third-order valence-electron chi connectivity index (χ3n) is 6.05. The molecular weight excluding hydrogens is 406 g/mol. The van der Waals surface area contributed by atoms with Crippen molar-refractivity contribution in [3.05, 3.63) is 78.1 Å². The number of piperazine rings is 1. The van der Waals surface area contributed by atoms with Crippen molar-refractivity contribution >= 4 is 39.1 Å². The van der Waals surface area contributed by atoms with E-state index in [4.69, 9.17) is 16.6 Å². The maximum absolute atomic E-state index is 6.65. The smallest absolute Gasteiger partial charge is 0.0731 e. The van der Waals surface area contributed by atoms with Gasteiger partial charge in [0, 0.05) is 53.9 Å². The number of hydrogen-bond acceptors (Lipinski definition) is 4. The molecule has 156 valence electrons. The zero-order valence-corrected chi connectivity index (χ0v) is 18.3. The van der Waals surface area contributed by atoms with Crippen LogP contribution in [0.2, 0.25) is 5.02 Å². The molecule has 31 heavy (non-hydrogen) atoms. The molecule has 6 heteroatoms. The van der Waals surface area contributed by atoms with E-state index < -0.39 is 0 Å². The first kappa shape index (κ1) is 19.6. The van der Waals surface area contributed by atoms with E-state index in [-0.39, 0.29) is 0 Å². The molecular formula is C25H24ClN5. The second kappa shape index (κ2) is 7.75. The van der Waals surface area contributed by atoms with Gasteiger partial charge in [-0.05, 0) is 30.7 Å². The van der Waals surface area contributed by atoms with E-state index in [0.717, 1.165) is 76.2 Å². The first-order chi connectivity index (χ1) is 15.0. The van der Waals surface area contributed by atoms with Crippen LogP contribution in [0.15, 0.2) is 67.5 Å². The fraction of sp³-hybridized carbons (Fsp3) is 0.200. The zero-order valence-electron chi connectivity index (χ0n) is 17.5. The average Bonchev–Trinajstić information content (AvgIpc) is 3.27. The van der Waals surface area contributed by atoms with Gasteiger partial charge < -0.3 is 9.80 Å². The van der Waals surface area contributed by atoms with Crippen molar-refractivity contribution in [1.29, 1.82) is 0 Å². The van der Waals surface area contributed by atoms with Gasteiger partial charge in [0.05, 0.1) is 27.9 Å². The Labute approximate surface area is 186 Å². The molecule has 0 amide bonds. The molecule has 5 rings (SSSR count). The maximum Gasteiger partial charge on any atom is 0.0731 e. The number of halogens is 1. The maximum atomic E-state index is 6.65. The number of fused-ring (bicyclic) bond motifs is 2. The lowest BCUT2D eigenvalue weighted by Gasteiger charge is -2.38. The van der Waals surface area contributed by atoms with Crippen LogP contribution < -0.4 is 0 Å². The first-order valence-corrected chi connectivity index (χ1v) is 10.8. The number of nitrogens with zero attached hydrogens (tertiary/aromatic N) is 4. The summed E-state index contributed by atoms with van der Waals surface area (Å²) in [7, 11) is 0. The zero-order chi connectivity index (χ0) is 21.5. The van der Waals surface area contributed by atoms with Crippen LogP contribution in [0.25, 0.3) is 38.8 Å². The molecule has 4 aromatic rings. The number of allylic oxidation sites excluding steroid dienone is 1. The van der Waals surface area contributed by atoms with E-state index in [1.807, 2.05) is 36.5 Å². The fourth-order valence-electron chi connectivity index (χ4n) is 4.24. The Morgan fingerprint density at radius 2 is 1.77 bits per heavy atom. The van der Waals surface area contributed by atoms with Crippen LogP contribution in [0.1, 0.15) is 12.5 Å². The van der Waals surface area contributed by atoms with Crippen molar-refractivity contribution in [3.63, 3.8) is 0 Å². The normalized spacial score (nSPS) is 14.4. The highest BCUT2D eigenvalue weighted by molar-refractivity contribution is 6.35. The van der Waals surface area contributed by atoms with Crippen LogP contribution in [0, 0.1) is 0 Å². The molecule has 0 aliphatic carbocycles. The summed E-state index contributed by atoms with van der Waals surface area (Å²) in [4.78, 5) is 9.60. The van der Waals surface area contributed by atoms with E-state index in [2.05, 4.69) is 52.2 Å². The van der Waals surface area contributed by atoms with Crippen molar-refractivity contribution in [2.75, 3.05) is 26.2 Å². The summed E-state index contributed by atoms with van der Waals surface area (Å²) in [5, 5.41) is 9.84. The van der Waals surface area contributed by atoms with Gasteiger partial charge in [-0.2, -0.15) is 5.10 Å². The molecule has 5 nitrogen and oxygen atoms in total. The number of aromatic nitrogens is 3. The third-order valence-corrected chi connectivity index (χ3v) is 6.37. The molecule has 0 radical (unpaired) electrons. The number of rotatable bonds is 4. The van der Waals surface area contributed by atoms with Gasteiger partial charge in [0.1, 0.15) is 0 Å². The van der Waals surface area contributed by atoms with Gasteiger partial charge in [0.25, 0.3) is 0 Å². The Bertz CT molecular complexity index is 1310. The third kappa shape index (κ3) is 3.55. The molecule has 0 bridgehead atoms. The highest BCUT2D eigenvalue weighted by atomic mass is 35.5. The number of hydrogen-bond donors (Lipinski definition) is 1. The molecule has 1 saturated heterocycles. The summed E-state index contributed by atoms with van der Waals surface area (Å²) in [6.07, 6.45) is 1.83. The van der Waals surface area contributed by atoms with E-state index in [9.17, 15) is 0 Å². The summed E-state index contributed by atoms with van der Waals surface area (Å²) in [5.41, 5.74) is 6.89. The van der Waals surface area contributed by atoms with Gasteiger partial charge in [-0.3, -0.25) is 5.10 Å². The SMILES string of the molecule is C=C(C)N1CCN(C(=C)c2ccc3c(Cl)cc(-c4cccc5[nH]ncc45)nc3c2)CC1. The van der Waals surface area contributed by atoms with Crippen molar-refractivity contribution in [1.82, 2.24) is 25.0 Å². The summed E-state index contributed by atoms with van der Waals surface area (Å²) in [5.74, 6) is 0. The quantitative estimate of drug-likeness (QED) is 0.461. The van der Waals surface area contributed by atoms with Crippen molar-refractivity contribution in [2.45, 2.75) is 6.92 Å². The summed E-state index contributed by atoms with van der Waals surface area (Å²) in [6, 6.07) is 14.2. The average molecular weight is 430 g/mol. The van der Waals surface area contributed by atoms with Crippen molar-refractivity contribution in [3.8, 4) is 11.3 Å². The molecule has 0 saturated carbocycles. The molecule has 0 spiro atoms.